The predicted molar refractivity (Wildman–Crippen MR) is 118 cm³/mol. The molecule has 0 bridgehead atoms. The number of unbranched alkanes of at least 4 members (excludes halogenated alkanes) is 3. The van der Waals surface area contributed by atoms with Gasteiger partial charge in [-0.15, -0.1) is 0 Å². The molecule has 2 heterocycles. The monoisotopic (exact) mass is 428 g/mol. The largest absolute Gasteiger partial charge is 0.493 e. The summed E-state index contributed by atoms with van der Waals surface area (Å²) in [6.45, 7) is 7.00. The fraction of sp³-hybridized carbons (Fsp3) is 0.522. The fourth-order valence-electron chi connectivity index (χ4n) is 3.62. The molecule has 0 amide bonds. The molecule has 8 nitrogen and oxygen atoms in total. The van der Waals surface area contributed by atoms with Crippen LogP contribution in [0.2, 0.25) is 0 Å². The maximum Gasteiger partial charge on any atom is 0.338 e. The first-order valence-corrected chi connectivity index (χ1v) is 11.0. The molecule has 0 spiro atoms. The molecule has 1 atom stereocenters. The van der Waals surface area contributed by atoms with Gasteiger partial charge in [-0.2, -0.15) is 10.1 Å². The first kappa shape index (κ1) is 22.7. The number of carbonyl (C=O) groups excluding carboxylic acids is 1. The number of esters is 1. The van der Waals surface area contributed by atoms with Crippen LogP contribution >= 0.6 is 0 Å². The minimum absolute atomic E-state index is 0.362. The third-order valence-electron chi connectivity index (χ3n) is 5.21. The number of ether oxygens (including phenoxy) is 3. The SMILES string of the molecule is CCCCCCOc1ccc([C@@H]2C(C(=O)OCCC)=C(C)Nc3ncnn32)cc1OC. The van der Waals surface area contributed by atoms with Gasteiger partial charge in [0.2, 0.25) is 5.95 Å². The number of rotatable bonds is 11. The Morgan fingerprint density at radius 3 is 2.71 bits per heavy atom. The molecule has 1 aromatic carbocycles. The number of nitrogens with zero attached hydrogens (tertiary/aromatic N) is 3. The van der Waals surface area contributed by atoms with Crippen molar-refractivity contribution in [1.29, 1.82) is 0 Å². The summed E-state index contributed by atoms with van der Waals surface area (Å²) in [5.74, 6) is 1.51. The number of hydrogen-bond acceptors (Lipinski definition) is 7. The Hall–Kier alpha value is -3.03. The van der Waals surface area contributed by atoms with Crippen LogP contribution in [0.3, 0.4) is 0 Å². The van der Waals surface area contributed by atoms with Crippen LogP contribution in [0.1, 0.15) is 64.5 Å². The van der Waals surface area contributed by atoms with Gasteiger partial charge in [-0.3, -0.25) is 0 Å². The van der Waals surface area contributed by atoms with Crippen molar-refractivity contribution in [2.24, 2.45) is 0 Å². The number of hydrogen-bond donors (Lipinski definition) is 1. The van der Waals surface area contributed by atoms with Crippen molar-refractivity contribution in [2.45, 2.75) is 58.9 Å². The Kier molecular flexibility index (Phi) is 7.92. The number of aromatic nitrogens is 3. The van der Waals surface area contributed by atoms with Crippen molar-refractivity contribution in [3.63, 3.8) is 0 Å². The van der Waals surface area contributed by atoms with Gasteiger partial charge in [0.05, 0.1) is 25.9 Å². The normalized spacial score (nSPS) is 15.3. The third kappa shape index (κ3) is 5.18. The average Bonchev–Trinajstić information content (AvgIpc) is 3.24. The second kappa shape index (κ2) is 10.8. The lowest BCUT2D eigenvalue weighted by Crippen LogP contribution is -2.29. The van der Waals surface area contributed by atoms with Crippen LogP contribution < -0.4 is 14.8 Å². The smallest absolute Gasteiger partial charge is 0.338 e. The summed E-state index contributed by atoms with van der Waals surface area (Å²) in [4.78, 5) is 17.2. The van der Waals surface area contributed by atoms with Gasteiger partial charge < -0.3 is 19.5 Å². The van der Waals surface area contributed by atoms with E-state index in [9.17, 15) is 4.79 Å². The number of nitrogens with one attached hydrogen (secondary N) is 1. The van der Waals surface area contributed by atoms with E-state index in [-0.39, 0.29) is 5.97 Å². The number of allylic oxidation sites excluding steroid dienone is 1. The highest BCUT2D eigenvalue weighted by Crippen LogP contribution is 2.38. The highest BCUT2D eigenvalue weighted by molar-refractivity contribution is 5.92. The predicted octanol–water partition coefficient (Wildman–Crippen LogP) is 4.49. The third-order valence-corrected chi connectivity index (χ3v) is 5.21. The first-order valence-electron chi connectivity index (χ1n) is 11.0. The lowest BCUT2D eigenvalue weighted by atomic mass is 9.95. The van der Waals surface area contributed by atoms with Gasteiger partial charge in [-0.05, 0) is 37.5 Å². The van der Waals surface area contributed by atoms with Gasteiger partial charge >= 0.3 is 5.97 Å². The van der Waals surface area contributed by atoms with Gasteiger partial charge in [-0.1, -0.05) is 39.2 Å². The Labute approximate surface area is 183 Å². The van der Waals surface area contributed by atoms with E-state index in [4.69, 9.17) is 14.2 Å². The molecule has 1 aromatic heterocycles. The van der Waals surface area contributed by atoms with E-state index >= 15 is 0 Å². The molecule has 1 N–H and O–H groups in total. The van der Waals surface area contributed by atoms with Crippen LogP contribution in [0, 0.1) is 0 Å². The summed E-state index contributed by atoms with van der Waals surface area (Å²) in [7, 11) is 1.61. The second-order valence-electron chi connectivity index (χ2n) is 7.55. The molecule has 2 aromatic rings. The van der Waals surface area contributed by atoms with Crippen LogP contribution in [-0.4, -0.2) is 41.1 Å². The highest BCUT2D eigenvalue weighted by atomic mass is 16.5. The van der Waals surface area contributed by atoms with Gasteiger partial charge in [0.1, 0.15) is 12.4 Å². The van der Waals surface area contributed by atoms with E-state index < -0.39 is 6.04 Å². The minimum Gasteiger partial charge on any atom is -0.493 e. The fourth-order valence-corrected chi connectivity index (χ4v) is 3.62. The molecular formula is C23H32N4O4. The topological polar surface area (TPSA) is 87.5 Å². The molecule has 1 aliphatic rings. The van der Waals surface area contributed by atoms with E-state index in [1.54, 1.807) is 11.8 Å². The zero-order valence-electron chi connectivity index (χ0n) is 18.8. The van der Waals surface area contributed by atoms with Crippen molar-refractivity contribution >= 4 is 11.9 Å². The van der Waals surface area contributed by atoms with E-state index in [2.05, 4.69) is 22.3 Å². The van der Waals surface area contributed by atoms with Crippen molar-refractivity contribution < 1.29 is 19.0 Å². The molecule has 0 aliphatic carbocycles. The zero-order chi connectivity index (χ0) is 22.2. The first-order chi connectivity index (χ1) is 15.1. The van der Waals surface area contributed by atoms with Crippen LogP contribution in [0.15, 0.2) is 35.8 Å². The van der Waals surface area contributed by atoms with Gasteiger partial charge in [0, 0.05) is 5.70 Å². The van der Waals surface area contributed by atoms with Crippen molar-refractivity contribution in [3.05, 3.63) is 41.4 Å². The molecule has 0 unspecified atom stereocenters. The number of benzene rings is 1. The summed E-state index contributed by atoms with van der Waals surface area (Å²) in [5.41, 5.74) is 2.04. The molecule has 1 aliphatic heterocycles. The molecule has 0 saturated heterocycles. The maximum absolute atomic E-state index is 12.9. The van der Waals surface area contributed by atoms with Crippen LogP contribution in [0.4, 0.5) is 5.95 Å². The van der Waals surface area contributed by atoms with Crippen molar-refractivity contribution in [3.8, 4) is 11.5 Å². The van der Waals surface area contributed by atoms with Gasteiger partial charge in [-0.25, -0.2) is 9.48 Å². The van der Waals surface area contributed by atoms with Crippen molar-refractivity contribution in [2.75, 3.05) is 25.6 Å². The molecule has 0 saturated carbocycles. The number of methoxy groups -OCH3 is 1. The Morgan fingerprint density at radius 2 is 1.97 bits per heavy atom. The Morgan fingerprint density at radius 1 is 1.13 bits per heavy atom. The lowest BCUT2D eigenvalue weighted by molar-refractivity contribution is -0.139. The van der Waals surface area contributed by atoms with Gasteiger partial charge in [0.25, 0.3) is 0 Å². The quantitative estimate of drug-likeness (QED) is 0.417. The molecule has 168 valence electrons. The Bertz CT molecular complexity index is 922. The molecule has 3 rings (SSSR count). The number of fused-ring (bicyclic) bond motifs is 1. The van der Waals surface area contributed by atoms with Gasteiger partial charge in [0.15, 0.2) is 11.5 Å². The van der Waals surface area contributed by atoms with E-state index in [0.717, 1.165) is 24.8 Å². The van der Waals surface area contributed by atoms with Crippen LogP contribution in [0.5, 0.6) is 11.5 Å². The summed E-state index contributed by atoms with van der Waals surface area (Å²) in [5, 5.41) is 7.49. The van der Waals surface area contributed by atoms with E-state index in [1.807, 2.05) is 32.0 Å². The second-order valence-corrected chi connectivity index (χ2v) is 7.55. The Balaban J connectivity index is 1.90. The number of anilines is 1. The minimum atomic E-state index is -0.476. The standard InChI is InChI=1S/C23H32N4O4/c1-5-7-8-9-13-30-18-11-10-17(14-19(18)29-4)21-20(22(28)31-12-6-2)16(3)26-23-24-15-25-27(21)23/h10-11,14-15,21H,5-9,12-13H2,1-4H3,(H,24,25,26)/t21-/m1/s1. The summed E-state index contributed by atoms with van der Waals surface area (Å²) in [6, 6.07) is 5.24. The molecule has 0 radical (unpaired) electrons. The average molecular weight is 429 g/mol. The van der Waals surface area contributed by atoms with Crippen LogP contribution in [-0.2, 0) is 9.53 Å². The van der Waals surface area contributed by atoms with E-state index in [0.29, 0.717) is 41.9 Å². The summed E-state index contributed by atoms with van der Waals surface area (Å²) < 4.78 is 18.7. The van der Waals surface area contributed by atoms with Crippen LogP contribution in [0.25, 0.3) is 0 Å². The maximum atomic E-state index is 12.9. The molecule has 31 heavy (non-hydrogen) atoms. The summed E-state index contributed by atoms with van der Waals surface area (Å²) in [6.07, 6.45) is 6.77. The lowest BCUT2D eigenvalue weighted by Gasteiger charge is -2.28. The van der Waals surface area contributed by atoms with Crippen molar-refractivity contribution in [1.82, 2.24) is 14.8 Å². The highest BCUT2D eigenvalue weighted by Gasteiger charge is 2.34. The molecule has 8 heteroatoms. The van der Waals surface area contributed by atoms with E-state index in [1.165, 1.54) is 19.2 Å². The number of carbonyl (C=O) groups is 1. The zero-order valence-corrected chi connectivity index (χ0v) is 18.8. The molecular weight excluding hydrogens is 396 g/mol. The molecule has 0 fully saturated rings. The summed E-state index contributed by atoms with van der Waals surface area (Å²) >= 11 is 0.